The van der Waals surface area contributed by atoms with E-state index in [4.69, 9.17) is 0 Å². The Balaban J connectivity index is 1.72. The minimum atomic E-state index is -0.752. The highest BCUT2D eigenvalue weighted by molar-refractivity contribution is 5.79. The number of aromatic amines is 1. The number of carbonyl (C=O) groups is 1. The van der Waals surface area contributed by atoms with E-state index in [1.807, 2.05) is 44.2 Å². The predicted octanol–water partition coefficient (Wildman–Crippen LogP) is 2.14. The van der Waals surface area contributed by atoms with E-state index >= 15 is 0 Å². The van der Waals surface area contributed by atoms with Crippen LogP contribution in [0, 0.1) is 25.2 Å². The molecular weight excluding hydrogens is 316 g/mol. The van der Waals surface area contributed by atoms with Gasteiger partial charge in [0.25, 0.3) is 0 Å². The summed E-state index contributed by atoms with van der Waals surface area (Å²) in [7, 11) is 0. The van der Waals surface area contributed by atoms with E-state index in [0.29, 0.717) is 5.56 Å². The van der Waals surface area contributed by atoms with Crippen LogP contribution in [0.4, 0.5) is 0 Å². The summed E-state index contributed by atoms with van der Waals surface area (Å²) in [6, 6.07) is 10.9. The van der Waals surface area contributed by atoms with Crippen molar-refractivity contribution in [1.29, 1.82) is 5.26 Å². The second-order valence-electron chi connectivity index (χ2n) is 5.77. The van der Waals surface area contributed by atoms with E-state index in [-0.39, 0.29) is 12.3 Å². The van der Waals surface area contributed by atoms with Crippen molar-refractivity contribution in [2.75, 3.05) is 0 Å². The van der Waals surface area contributed by atoms with E-state index < -0.39 is 6.04 Å². The molecule has 1 atom stereocenters. The fraction of sp³-hybridized carbons (Fsp3) is 0.222. The lowest BCUT2D eigenvalue weighted by atomic mass is 10.1. The molecule has 0 saturated carbocycles. The zero-order valence-corrected chi connectivity index (χ0v) is 14.0. The van der Waals surface area contributed by atoms with Gasteiger partial charge in [0, 0.05) is 23.0 Å². The fourth-order valence-corrected chi connectivity index (χ4v) is 2.60. The SMILES string of the molecule is Cc1n[nH]c(C)c1CC(=O)NC(C#N)c1cnn(-c2ccccc2)c1. The van der Waals surface area contributed by atoms with Gasteiger partial charge in [-0.25, -0.2) is 4.68 Å². The van der Waals surface area contributed by atoms with Crippen LogP contribution < -0.4 is 5.32 Å². The van der Waals surface area contributed by atoms with E-state index in [0.717, 1.165) is 22.6 Å². The van der Waals surface area contributed by atoms with Crippen molar-refractivity contribution in [1.82, 2.24) is 25.3 Å². The summed E-state index contributed by atoms with van der Waals surface area (Å²) in [5.74, 6) is -0.230. The summed E-state index contributed by atoms with van der Waals surface area (Å²) in [6.07, 6.45) is 3.52. The number of aromatic nitrogens is 4. The minimum absolute atomic E-state index is 0.180. The van der Waals surface area contributed by atoms with Crippen molar-refractivity contribution in [3.8, 4) is 11.8 Å². The number of nitriles is 1. The first-order valence-corrected chi connectivity index (χ1v) is 7.88. The molecule has 0 aliphatic rings. The number of hydrogen-bond donors (Lipinski definition) is 2. The van der Waals surface area contributed by atoms with Gasteiger partial charge in [0.05, 0.1) is 30.1 Å². The normalized spacial score (nSPS) is 11.7. The van der Waals surface area contributed by atoms with Gasteiger partial charge in [-0.3, -0.25) is 9.89 Å². The number of carbonyl (C=O) groups excluding carboxylic acids is 1. The van der Waals surface area contributed by atoms with Crippen LogP contribution >= 0.6 is 0 Å². The molecule has 0 spiro atoms. The second-order valence-corrected chi connectivity index (χ2v) is 5.77. The summed E-state index contributed by atoms with van der Waals surface area (Å²) in [5.41, 5.74) is 4.03. The molecule has 25 heavy (non-hydrogen) atoms. The number of amides is 1. The maximum absolute atomic E-state index is 12.3. The summed E-state index contributed by atoms with van der Waals surface area (Å²) < 4.78 is 1.68. The van der Waals surface area contributed by atoms with Crippen molar-refractivity contribution in [3.63, 3.8) is 0 Å². The van der Waals surface area contributed by atoms with Gasteiger partial charge in [-0.1, -0.05) is 18.2 Å². The van der Waals surface area contributed by atoms with Gasteiger partial charge in [-0.05, 0) is 26.0 Å². The van der Waals surface area contributed by atoms with Gasteiger partial charge in [0.15, 0.2) is 0 Å². The molecule has 0 fully saturated rings. The lowest BCUT2D eigenvalue weighted by Gasteiger charge is -2.10. The predicted molar refractivity (Wildman–Crippen MR) is 91.8 cm³/mol. The van der Waals surface area contributed by atoms with Crippen molar-refractivity contribution in [3.05, 3.63) is 65.2 Å². The number of para-hydroxylation sites is 1. The van der Waals surface area contributed by atoms with Gasteiger partial charge in [-0.2, -0.15) is 15.5 Å². The van der Waals surface area contributed by atoms with Crippen molar-refractivity contribution in [2.24, 2.45) is 0 Å². The third-order valence-electron chi connectivity index (χ3n) is 4.01. The van der Waals surface area contributed by atoms with Gasteiger partial charge >= 0.3 is 0 Å². The summed E-state index contributed by atoms with van der Waals surface area (Å²) >= 11 is 0. The molecule has 1 unspecified atom stereocenters. The van der Waals surface area contributed by atoms with Crippen LogP contribution in [0.15, 0.2) is 42.7 Å². The molecule has 0 radical (unpaired) electrons. The Morgan fingerprint density at radius 1 is 1.36 bits per heavy atom. The van der Waals surface area contributed by atoms with Gasteiger partial charge in [0.2, 0.25) is 5.91 Å². The van der Waals surface area contributed by atoms with Crippen molar-refractivity contribution in [2.45, 2.75) is 26.3 Å². The van der Waals surface area contributed by atoms with Crippen molar-refractivity contribution >= 4 is 5.91 Å². The Morgan fingerprint density at radius 3 is 2.76 bits per heavy atom. The summed E-state index contributed by atoms with van der Waals surface area (Å²) in [5, 5.41) is 23.4. The molecular formula is C18H18N6O. The van der Waals surface area contributed by atoms with Gasteiger partial charge < -0.3 is 5.32 Å². The number of nitrogens with zero attached hydrogens (tertiary/aromatic N) is 4. The maximum atomic E-state index is 12.3. The fourth-order valence-electron chi connectivity index (χ4n) is 2.60. The molecule has 2 aromatic heterocycles. The minimum Gasteiger partial charge on any atom is -0.336 e. The lowest BCUT2D eigenvalue weighted by molar-refractivity contribution is -0.120. The largest absolute Gasteiger partial charge is 0.336 e. The average molecular weight is 334 g/mol. The molecule has 7 heteroatoms. The highest BCUT2D eigenvalue weighted by atomic mass is 16.1. The number of hydrogen-bond acceptors (Lipinski definition) is 4. The highest BCUT2D eigenvalue weighted by Crippen LogP contribution is 2.15. The number of benzene rings is 1. The maximum Gasteiger partial charge on any atom is 0.225 e. The van der Waals surface area contributed by atoms with Crippen LogP contribution in [-0.2, 0) is 11.2 Å². The molecule has 2 N–H and O–H groups in total. The third-order valence-corrected chi connectivity index (χ3v) is 4.01. The smallest absolute Gasteiger partial charge is 0.225 e. The Morgan fingerprint density at radius 2 is 2.12 bits per heavy atom. The van der Waals surface area contributed by atoms with Crippen LogP contribution in [0.5, 0.6) is 0 Å². The Kier molecular flexibility index (Phi) is 4.61. The molecule has 1 aromatic carbocycles. The topological polar surface area (TPSA) is 99.4 Å². The molecule has 2 heterocycles. The van der Waals surface area contributed by atoms with Crippen LogP contribution in [0.25, 0.3) is 5.69 Å². The summed E-state index contributed by atoms with van der Waals surface area (Å²) in [4.78, 5) is 12.3. The summed E-state index contributed by atoms with van der Waals surface area (Å²) in [6.45, 7) is 3.71. The number of aryl methyl sites for hydroxylation is 2. The quantitative estimate of drug-likeness (QED) is 0.746. The average Bonchev–Trinajstić information content (AvgIpc) is 3.23. The molecule has 3 rings (SSSR count). The zero-order chi connectivity index (χ0) is 17.8. The first-order chi connectivity index (χ1) is 12.1. The molecule has 7 nitrogen and oxygen atoms in total. The van der Waals surface area contributed by atoms with E-state index in [1.54, 1.807) is 17.1 Å². The Labute approximate surface area is 145 Å². The highest BCUT2D eigenvalue weighted by Gasteiger charge is 2.18. The van der Waals surface area contributed by atoms with Crippen LogP contribution in [-0.4, -0.2) is 25.9 Å². The number of nitrogens with one attached hydrogen (secondary N) is 2. The Hall–Kier alpha value is -3.40. The second kappa shape index (κ2) is 7.01. The number of H-pyrrole nitrogens is 1. The van der Waals surface area contributed by atoms with E-state index in [9.17, 15) is 10.1 Å². The first kappa shape index (κ1) is 16.5. The lowest BCUT2D eigenvalue weighted by Crippen LogP contribution is -2.29. The monoisotopic (exact) mass is 334 g/mol. The zero-order valence-electron chi connectivity index (χ0n) is 14.0. The molecule has 0 saturated heterocycles. The molecule has 0 bridgehead atoms. The van der Waals surface area contributed by atoms with Gasteiger partial charge in [0.1, 0.15) is 6.04 Å². The molecule has 3 aromatic rings. The van der Waals surface area contributed by atoms with Crippen LogP contribution in [0.3, 0.4) is 0 Å². The van der Waals surface area contributed by atoms with Crippen LogP contribution in [0.2, 0.25) is 0 Å². The third kappa shape index (κ3) is 3.58. The standard InChI is InChI=1S/C18H18N6O/c1-12-16(13(2)23-22-12)8-18(25)21-17(9-19)14-10-20-24(11-14)15-6-4-3-5-7-15/h3-7,10-11,17H,8H2,1-2H3,(H,21,25)(H,22,23). The molecule has 1 amide bonds. The molecule has 126 valence electrons. The first-order valence-electron chi connectivity index (χ1n) is 7.88. The van der Waals surface area contributed by atoms with E-state index in [2.05, 4.69) is 26.7 Å². The molecule has 0 aliphatic carbocycles. The Bertz CT molecular complexity index is 899. The van der Waals surface area contributed by atoms with Crippen LogP contribution in [0.1, 0.15) is 28.6 Å². The van der Waals surface area contributed by atoms with E-state index in [1.165, 1.54) is 0 Å². The van der Waals surface area contributed by atoms with Crippen molar-refractivity contribution < 1.29 is 4.79 Å². The van der Waals surface area contributed by atoms with Gasteiger partial charge in [-0.15, -0.1) is 0 Å². The number of rotatable bonds is 5. The molecule has 0 aliphatic heterocycles.